The normalized spacial score (nSPS) is 12.7. The van der Waals surface area contributed by atoms with E-state index >= 15 is 0 Å². The zero-order chi connectivity index (χ0) is 12.8. The summed E-state index contributed by atoms with van der Waals surface area (Å²) >= 11 is 0. The Labute approximate surface area is 104 Å². The van der Waals surface area contributed by atoms with Crippen molar-refractivity contribution in [2.45, 2.75) is 39.8 Å². The average molecular weight is 233 g/mol. The molecule has 94 valence electrons. The van der Waals surface area contributed by atoms with Crippen molar-refractivity contribution in [2.75, 3.05) is 6.54 Å². The van der Waals surface area contributed by atoms with Gasteiger partial charge < -0.3 is 5.73 Å². The molecular formula is C14H23N3. The fourth-order valence-electron chi connectivity index (χ4n) is 1.91. The fourth-order valence-corrected chi connectivity index (χ4v) is 1.91. The second-order valence-corrected chi connectivity index (χ2v) is 4.43. The Hall–Kier alpha value is -1.35. The Kier molecular flexibility index (Phi) is 5.16. The van der Waals surface area contributed by atoms with Gasteiger partial charge in [-0.05, 0) is 31.5 Å². The molecule has 0 aliphatic heterocycles. The molecule has 3 N–H and O–H groups in total. The minimum atomic E-state index is 0.137. The van der Waals surface area contributed by atoms with Gasteiger partial charge in [0.25, 0.3) is 0 Å². The second-order valence-electron chi connectivity index (χ2n) is 4.43. The first-order valence-electron chi connectivity index (χ1n) is 6.25. The third-order valence-electron chi connectivity index (χ3n) is 3.24. The number of nitrogens with one attached hydrogen (secondary N) is 1. The van der Waals surface area contributed by atoms with Crippen LogP contribution >= 0.6 is 0 Å². The fraction of sp³-hybridized carbons (Fsp3) is 0.500. The first-order valence-corrected chi connectivity index (χ1v) is 6.25. The lowest BCUT2D eigenvalue weighted by Gasteiger charge is -2.27. The molecule has 1 atom stereocenters. The SMILES string of the molecule is CCC(C)N(CC)Cc1cccc(C(=N)N)c1. The zero-order valence-electron chi connectivity index (χ0n) is 11.0. The molecule has 0 amide bonds. The van der Waals surface area contributed by atoms with E-state index in [0.717, 1.165) is 25.1 Å². The minimum absolute atomic E-state index is 0.137. The van der Waals surface area contributed by atoms with E-state index < -0.39 is 0 Å². The molecule has 0 aliphatic rings. The monoisotopic (exact) mass is 233 g/mol. The van der Waals surface area contributed by atoms with Crippen LogP contribution in [-0.4, -0.2) is 23.3 Å². The van der Waals surface area contributed by atoms with Gasteiger partial charge in [-0.2, -0.15) is 0 Å². The van der Waals surface area contributed by atoms with Gasteiger partial charge in [-0.3, -0.25) is 10.3 Å². The summed E-state index contributed by atoms with van der Waals surface area (Å²) in [4.78, 5) is 2.43. The number of nitrogen functional groups attached to an aromatic ring is 1. The van der Waals surface area contributed by atoms with E-state index in [1.54, 1.807) is 0 Å². The number of rotatable bonds is 6. The molecule has 0 aromatic heterocycles. The molecule has 3 heteroatoms. The smallest absolute Gasteiger partial charge is 0.122 e. The van der Waals surface area contributed by atoms with E-state index in [9.17, 15) is 0 Å². The first kappa shape index (κ1) is 13.7. The van der Waals surface area contributed by atoms with Gasteiger partial charge in [-0.25, -0.2) is 0 Å². The Bertz CT molecular complexity index is 373. The third-order valence-corrected chi connectivity index (χ3v) is 3.24. The van der Waals surface area contributed by atoms with Crippen LogP contribution in [0.5, 0.6) is 0 Å². The molecule has 0 radical (unpaired) electrons. The van der Waals surface area contributed by atoms with Crippen molar-refractivity contribution in [1.29, 1.82) is 5.41 Å². The van der Waals surface area contributed by atoms with Gasteiger partial charge in [0.2, 0.25) is 0 Å². The van der Waals surface area contributed by atoms with Gasteiger partial charge in [0.1, 0.15) is 5.84 Å². The topological polar surface area (TPSA) is 53.1 Å². The lowest BCUT2D eigenvalue weighted by Crippen LogP contribution is -2.31. The number of amidine groups is 1. The van der Waals surface area contributed by atoms with E-state index in [0.29, 0.717) is 6.04 Å². The van der Waals surface area contributed by atoms with Crippen molar-refractivity contribution in [1.82, 2.24) is 4.90 Å². The molecule has 1 rings (SSSR count). The van der Waals surface area contributed by atoms with Crippen LogP contribution in [0.15, 0.2) is 24.3 Å². The Morgan fingerprint density at radius 1 is 1.41 bits per heavy atom. The van der Waals surface area contributed by atoms with Crippen molar-refractivity contribution in [3.63, 3.8) is 0 Å². The molecule has 1 unspecified atom stereocenters. The maximum Gasteiger partial charge on any atom is 0.122 e. The summed E-state index contributed by atoms with van der Waals surface area (Å²) in [6.07, 6.45) is 1.15. The standard InChI is InChI=1S/C14H23N3/c1-4-11(3)17(5-2)10-12-7-6-8-13(9-12)14(15)16/h6-9,11H,4-5,10H2,1-3H3,(H3,15,16). The van der Waals surface area contributed by atoms with Crippen LogP contribution in [0.25, 0.3) is 0 Å². The van der Waals surface area contributed by atoms with Gasteiger partial charge in [-0.1, -0.05) is 32.0 Å². The van der Waals surface area contributed by atoms with Gasteiger partial charge >= 0.3 is 0 Å². The van der Waals surface area contributed by atoms with Gasteiger partial charge in [0.15, 0.2) is 0 Å². The van der Waals surface area contributed by atoms with E-state index in [-0.39, 0.29) is 5.84 Å². The Morgan fingerprint density at radius 2 is 2.12 bits per heavy atom. The number of benzene rings is 1. The third kappa shape index (κ3) is 3.86. The summed E-state index contributed by atoms with van der Waals surface area (Å²) in [6.45, 7) is 8.60. The molecule has 0 aliphatic carbocycles. The zero-order valence-corrected chi connectivity index (χ0v) is 11.0. The molecule has 0 saturated heterocycles. The molecule has 0 spiro atoms. The van der Waals surface area contributed by atoms with Crippen molar-refractivity contribution >= 4 is 5.84 Å². The van der Waals surface area contributed by atoms with E-state index in [1.165, 1.54) is 5.56 Å². The van der Waals surface area contributed by atoms with Gasteiger partial charge in [0.05, 0.1) is 0 Å². The summed E-state index contributed by atoms with van der Waals surface area (Å²) in [7, 11) is 0. The first-order chi connectivity index (χ1) is 8.08. The highest BCUT2D eigenvalue weighted by Gasteiger charge is 2.10. The number of nitrogens with zero attached hydrogens (tertiary/aromatic N) is 1. The number of nitrogens with two attached hydrogens (primary N) is 1. The molecule has 0 fully saturated rings. The predicted octanol–water partition coefficient (Wildman–Crippen LogP) is 2.59. The molecular weight excluding hydrogens is 210 g/mol. The molecule has 1 aromatic carbocycles. The molecule has 1 aromatic rings. The molecule has 17 heavy (non-hydrogen) atoms. The van der Waals surface area contributed by atoms with Crippen LogP contribution in [-0.2, 0) is 6.54 Å². The molecule has 0 heterocycles. The van der Waals surface area contributed by atoms with Gasteiger partial charge in [0, 0.05) is 18.2 Å². The summed E-state index contributed by atoms with van der Waals surface area (Å²) in [6, 6.07) is 8.54. The lowest BCUT2D eigenvalue weighted by atomic mass is 10.1. The largest absolute Gasteiger partial charge is 0.384 e. The summed E-state index contributed by atoms with van der Waals surface area (Å²) < 4.78 is 0. The van der Waals surface area contributed by atoms with Crippen LogP contribution in [0, 0.1) is 5.41 Å². The molecule has 3 nitrogen and oxygen atoms in total. The highest BCUT2D eigenvalue weighted by molar-refractivity contribution is 5.95. The second kappa shape index (κ2) is 6.40. The van der Waals surface area contributed by atoms with Crippen LogP contribution in [0.4, 0.5) is 0 Å². The summed E-state index contributed by atoms with van der Waals surface area (Å²) in [5.41, 5.74) is 7.53. The summed E-state index contributed by atoms with van der Waals surface area (Å²) in [5.74, 6) is 0.137. The maximum absolute atomic E-state index is 7.44. The van der Waals surface area contributed by atoms with E-state index in [2.05, 4.69) is 31.7 Å². The maximum atomic E-state index is 7.44. The lowest BCUT2D eigenvalue weighted by molar-refractivity contribution is 0.206. The molecule has 0 saturated carbocycles. The van der Waals surface area contributed by atoms with E-state index in [1.807, 2.05) is 18.2 Å². The van der Waals surface area contributed by atoms with Crippen LogP contribution < -0.4 is 5.73 Å². The predicted molar refractivity (Wildman–Crippen MR) is 73.3 cm³/mol. The Morgan fingerprint density at radius 3 is 2.65 bits per heavy atom. The average Bonchev–Trinajstić information content (AvgIpc) is 2.35. The van der Waals surface area contributed by atoms with E-state index in [4.69, 9.17) is 11.1 Å². The molecule has 0 bridgehead atoms. The highest BCUT2D eigenvalue weighted by atomic mass is 15.1. The van der Waals surface area contributed by atoms with Gasteiger partial charge in [-0.15, -0.1) is 0 Å². The van der Waals surface area contributed by atoms with Crippen LogP contribution in [0.3, 0.4) is 0 Å². The summed E-state index contributed by atoms with van der Waals surface area (Å²) in [5, 5.41) is 7.44. The minimum Gasteiger partial charge on any atom is -0.384 e. The number of hydrogen-bond acceptors (Lipinski definition) is 2. The van der Waals surface area contributed by atoms with Crippen molar-refractivity contribution in [3.8, 4) is 0 Å². The Balaban J connectivity index is 2.79. The quantitative estimate of drug-likeness (QED) is 0.586. The van der Waals surface area contributed by atoms with Crippen molar-refractivity contribution < 1.29 is 0 Å². The van der Waals surface area contributed by atoms with Crippen molar-refractivity contribution in [2.24, 2.45) is 5.73 Å². The highest BCUT2D eigenvalue weighted by Crippen LogP contribution is 2.11. The van der Waals surface area contributed by atoms with Crippen LogP contribution in [0.1, 0.15) is 38.3 Å². The van der Waals surface area contributed by atoms with Crippen LogP contribution in [0.2, 0.25) is 0 Å². The number of hydrogen-bond donors (Lipinski definition) is 2. The van der Waals surface area contributed by atoms with Crippen molar-refractivity contribution in [3.05, 3.63) is 35.4 Å².